The molecule has 2 aromatic carbocycles. The fraction of sp³-hybridized carbons (Fsp3) is 0.0714. The van der Waals surface area contributed by atoms with Crippen molar-refractivity contribution >= 4 is 17.3 Å². The third kappa shape index (κ3) is 2.96. The maximum absolute atomic E-state index is 13.5. The minimum absolute atomic E-state index is 0.0471. The van der Waals surface area contributed by atoms with Crippen molar-refractivity contribution in [3.05, 3.63) is 58.7 Å². The molecule has 0 aliphatic carbocycles. The van der Waals surface area contributed by atoms with Crippen LogP contribution in [0.25, 0.3) is 0 Å². The van der Waals surface area contributed by atoms with Crippen LogP contribution in [0.2, 0.25) is 0 Å². The number of hydrogen-bond acceptors (Lipinski definition) is 2. The molecule has 0 aromatic heterocycles. The van der Waals surface area contributed by atoms with Crippen molar-refractivity contribution in [2.75, 3.05) is 11.1 Å². The van der Waals surface area contributed by atoms with Crippen LogP contribution in [0.4, 0.5) is 28.9 Å². The number of rotatable bonds is 2. The second-order valence-electron chi connectivity index (χ2n) is 4.37. The minimum atomic E-state index is -1.38. The summed E-state index contributed by atoms with van der Waals surface area (Å²) in [6, 6.07) is 2.91. The Morgan fingerprint density at radius 2 is 1.57 bits per heavy atom. The highest BCUT2D eigenvalue weighted by molar-refractivity contribution is 6.05. The maximum atomic E-state index is 13.5. The molecule has 0 bridgehead atoms. The van der Waals surface area contributed by atoms with E-state index in [1.165, 1.54) is 13.0 Å². The van der Waals surface area contributed by atoms with Gasteiger partial charge < -0.3 is 11.1 Å². The first-order valence-electron chi connectivity index (χ1n) is 5.81. The Kier molecular flexibility index (Phi) is 3.84. The smallest absolute Gasteiger partial charge is 0.255 e. The summed E-state index contributed by atoms with van der Waals surface area (Å²) in [5, 5.41) is 2.03. The van der Waals surface area contributed by atoms with E-state index in [0.717, 1.165) is 6.07 Å². The highest BCUT2D eigenvalue weighted by atomic mass is 19.2. The van der Waals surface area contributed by atoms with E-state index in [9.17, 15) is 22.4 Å². The largest absolute Gasteiger partial charge is 0.398 e. The normalized spacial score (nSPS) is 10.5. The van der Waals surface area contributed by atoms with E-state index in [1.807, 2.05) is 5.32 Å². The molecule has 1 amide bonds. The molecule has 0 saturated heterocycles. The van der Waals surface area contributed by atoms with Crippen molar-refractivity contribution < 1.29 is 22.4 Å². The molecule has 2 rings (SSSR count). The van der Waals surface area contributed by atoms with E-state index in [-0.39, 0.29) is 16.8 Å². The molecule has 0 heterocycles. The van der Waals surface area contributed by atoms with Crippen molar-refractivity contribution in [1.82, 2.24) is 0 Å². The monoisotopic (exact) mass is 298 g/mol. The first-order chi connectivity index (χ1) is 9.79. The Balaban J connectivity index is 2.32. The van der Waals surface area contributed by atoms with Gasteiger partial charge in [-0.2, -0.15) is 0 Å². The Bertz CT molecular complexity index is 708. The van der Waals surface area contributed by atoms with Crippen LogP contribution in [0.1, 0.15) is 15.9 Å². The summed E-state index contributed by atoms with van der Waals surface area (Å²) in [7, 11) is 0. The average molecular weight is 298 g/mol. The molecule has 21 heavy (non-hydrogen) atoms. The van der Waals surface area contributed by atoms with Gasteiger partial charge in [-0.3, -0.25) is 4.79 Å². The topological polar surface area (TPSA) is 55.1 Å². The van der Waals surface area contributed by atoms with Crippen molar-refractivity contribution in [3.8, 4) is 0 Å². The van der Waals surface area contributed by atoms with Crippen molar-refractivity contribution in [3.63, 3.8) is 0 Å². The van der Waals surface area contributed by atoms with Gasteiger partial charge in [0.15, 0.2) is 11.6 Å². The zero-order chi connectivity index (χ0) is 15.7. The van der Waals surface area contributed by atoms with Crippen LogP contribution < -0.4 is 11.1 Å². The summed E-state index contributed by atoms with van der Waals surface area (Å²) < 4.78 is 52.7. The number of carbonyl (C=O) groups excluding carboxylic acids is 1. The molecule has 0 spiro atoms. The molecule has 7 heteroatoms. The van der Waals surface area contributed by atoms with E-state index in [2.05, 4.69) is 0 Å². The predicted octanol–water partition coefficient (Wildman–Crippen LogP) is 3.39. The van der Waals surface area contributed by atoms with Crippen LogP contribution in [-0.2, 0) is 0 Å². The lowest BCUT2D eigenvalue weighted by Crippen LogP contribution is -2.14. The Morgan fingerprint density at radius 3 is 2.19 bits per heavy atom. The van der Waals surface area contributed by atoms with Gasteiger partial charge in [-0.15, -0.1) is 0 Å². The van der Waals surface area contributed by atoms with E-state index in [1.54, 1.807) is 0 Å². The average Bonchev–Trinajstić information content (AvgIpc) is 2.41. The first-order valence-corrected chi connectivity index (χ1v) is 5.81. The van der Waals surface area contributed by atoms with Gasteiger partial charge >= 0.3 is 0 Å². The number of halogens is 4. The fourth-order valence-corrected chi connectivity index (χ4v) is 1.64. The van der Waals surface area contributed by atoms with Gasteiger partial charge in [0.2, 0.25) is 0 Å². The van der Waals surface area contributed by atoms with Crippen molar-refractivity contribution in [1.29, 1.82) is 0 Å². The number of benzene rings is 2. The van der Waals surface area contributed by atoms with Crippen LogP contribution in [-0.4, -0.2) is 5.91 Å². The van der Waals surface area contributed by atoms with Gasteiger partial charge in [0.25, 0.3) is 5.91 Å². The number of nitrogens with two attached hydrogens (primary N) is 1. The van der Waals surface area contributed by atoms with Gasteiger partial charge in [-0.1, -0.05) is 0 Å². The summed E-state index contributed by atoms with van der Waals surface area (Å²) in [5.74, 6) is -5.45. The third-order valence-corrected chi connectivity index (χ3v) is 2.90. The van der Waals surface area contributed by atoms with Crippen LogP contribution in [0.3, 0.4) is 0 Å². The molecule has 3 nitrogen and oxygen atoms in total. The molecule has 0 aliphatic rings. The molecule has 3 N–H and O–H groups in total. The van der Waals surface area contributed by atoms with Crippen LogP contribution >= 0.6 is 0 Å². The van der Waals surface area contributed by atoms with Crippen LogP contribution in [0.5, 0.6) is 0 Å². The standard InChI is InChI=1S/C14H10F4N2O/c1-6-8(15)2-7(3-12(6)19)14(21)20-13-5-10(17)9(16)4-11(13)18/h2-5H,19H2,1H3,(H,20,21). The molecular weight excluding hydrogens is 288 g/mol. The van der Waals surface area contributed by atoms with Gasteiger partial charge in [0, 0.05) is 28.9 Å². The molecule has 110 valence electrons. The summed E-state index contributed by atoms with van der Waals surface area (Å²) >= 11 is 0. The summed E-state index contributed by atoms with van der Waals surface area (Å²) in [6.45, 7) is 1.43. The zero-order valence-corrected chi connectivity index (χ0v) is 10.8. The molecule has 0 unspecified atom stereocenters. The SMILES string of the molecule is Cc1c(N)cc(C(=O)Nc2cc(F)c(F)cc2F)cc1F. The number of nitrogens with one attached hydrogen (secondary N) is 1. The summed E-state index contributed by atoms with van der Waals surface area (Å²) in [6.07, 6.45) is 0. The van der Waals surface area contributed by atoms with Crippen LogP contribution in [0.15, 0.2) is 24.3 Å². The van der Waals surface area contributed by atoms with E-state index >= 15 is 0 Å². The maximum Gasteiger partial charge on any atom is 0.255 e. The minimum Gasteiger partial charge on any atom is -0.398 e. The lowest BCUT2D eigenvalue weighted by molar-refractivity contribution is 0.102. The number of amides is 1. The Labute approximate surface area is 117 Å². The number of anilines is 2. The van der Waals surface area contributed by atoms with Gasteiger partial charge in [-0.25, -0.2) is 17.6 Å². The molecule has 0 atom stereocenters. The third-order valence-electron chi connectivity index (χ3n) is 2.90. The van der Waals surface area contributed by atoms with E-state index in [0.29, 0.717) is 12.1 Å². The zero-order valence-electron chi connectivity index (χ0n) is 10.8. The molecule has 0 aliphatic heterocycles. The molecule has 0 radical (unpaired) electrons. The lowest BCUT2D eigenvalue weighted by atomic mass is 10.1. The van der Waals surface area contributed by atoms with Gasteiger partial charge in [0.05, 0.1) is 5.69 Å². The molecule has 0 saturated carbocycles. The second-order valence-corrected chi connectivity index (χ2v) is 4.37. The Hall–Kier alpha value is -2.57. The molecular formula is C14H10F4N2O. The summed E-state index contributed by atoms with van der Waals surface area (Å²) in [4.78, 5) is 11.9. The Morgan fingerprint density at radius 1 is 0.952 bits per heavy atom. The van der Waals surface area contributed by atoms with Crippen molar-refractivity contribution in [2.45, 2.75) is 6.92 Å². The molecule has 0 fully saturated rings. The van der Waals surface area contributed by atoms with E-state index in [4.69, 9.17) is 5.73 Å². The van der Waals surface area contributed by atoms with E-state index < -0.39 is 34.9 Å². The summed E-state index contributed by atoms with van der Waals surface area (Å²) in [5.41, 5.74) is 5.02. The number of nitrogen functional groups attached to an aromatic ring is 1. The quantitative estimate of drug-likeness (QED) is 0.507. The lowest BCUT2D eigenvalue weighted by Gasteiger charge is -2.09. The second kappa shape index (κ2) is 5.43. The fourth-order valence-electron chi connectivity index (χ4n) is 1.64. The van der Waals surface area contributed by atoms with Gasteiger partial charge in [-0.05, 0) is 19.1 Å². The van der Waals surface area contributed by atoms with Crippen LogP contribution in [0, 0.1) is 30.2 Å². The van der Waals surface area contributed by atoms with Crippen molar-refractivity contribution in [2.24, 2.45) is 0 Å². The predicted molar refractivity (Wildman–Crippen MR) is 69.8 cm³/mol. The number of hydrogen-bond donors (Lipinski definition) is 2. The first kappa shape index (κ1) is 14.8. The highest BCUT2D eigenvalue weighted by Gasteiger charge is 2.15. The van der Waals surface area contributed by atoms with Gasteiger partial charge in [0.1, 0.15) is 11.6 Å². The number of carbonyl (C=O) groups is 1. The molecule has 2 aromatic rings. The highest BCUT2D eigenvalue weighted by Crippen LogP contribution is 2.21.